The molecule has 0 atom stereocenters. The lowest BCUT2D eigenvalue weighted by Gasteiger charge is -2.25. The van der Waals surface area contributed by atoms with Crippen LogP contribution < -0.4 is 10.6 Å². The lowest BCUT2D eigenvalue weighted by atomic mass is 10.1. The first-order chi connectivity index (χ1) is 13.1. The number of hydrogen-bond acceptors (Lipinski definition) is 6. The maximum absolute atomic E-state index is 12.4. The fourth-order valence-electron chi connectivity index (χ4n) is 2.78. The molecule has 3 rings (SSSR count). The molecule has 2 heterocycles. The first-order valence-electron chi connectivity index (χ1n) is 8.72. The van der Waals surface area contributed by atoms with Gasteiger partial charge in [0.15, 0.2) is 0 Å². The van der Waals surface area contributed by atoms with E-state index in [1.165, 1.54) is 11.3 Å². The van der Waals surface area contributed by atoms with Crippen molar-refractivity contribution in [1.29, 1.82) is 0 Å². The van der Waals surface area contributed by atoms with E-state index in [9.17, 15) is 14.4 Å². The van der Waals surface area contributed by atoms with E-state index in [0.29, 0.717) is 23.7 Å². The Morgan fingerprint density at radius 2 is 2.07 bits per heavy atom. The summed E-state index contributed by atoms with van der Waals surface area (Å²) in [7, 11) is 0. The van der Waals surface area contributed by atoms with Crippen LogP contribution in [-0.2, 0) is 14.3 Å². The summed E-state index contributed by atoms with van der Waals surface area (Å²) in [5, 5.41) is 5.99. The van der Waals surface area contributed by atoms with Gasteiger partial charge in [0.2, 0.25) is 11.8 Å². The van der Waals surface area contributed by atoms with Gasteiger partial charge in [0.05, 0.1) is 25.3 Å². The van der Waals surface area contributed by atoms with Gasteiger partial charge in [0, 0.05) is 18.0 Å². The maximum Gasteiger partial charge on any atom is 0.341 e. The Labute approximate surface area is 161 Å². The van der Waals surface area contributed by atoms with Crippen LogP contribution in [0.5, 0.6) is 0 Å². The summed E-state index contributed by atoms with van der Waals surface area (Å²) < 4.78 is 5.12. The van der Waals surface area contributed by atoms with Gasteiger partial charge in [-0.25, -0.2) is 4.79 Å². The summed E-state index contributed by atoms with van der Waals surface area (Å²) in [6.45, 7) is 3.42. The van der Waals surface area contributed by atoms with Gasteiger partial charge in [-0.3, -0.25) is 14.5 Å². The number of rotatable bonds is 6. The normalized spacial score (nSPS) is 14.5. The summed E-state index contributed by atoms with van der Waals surface area (Å²) in [5.41, 5.74) is 1.30. The molecule has 142 valence electrons. The monoisotopic (exact) mass is 387 g/mol. The third kappa shape index (κ3) is 4.93. The fraction of sp³-hybridized carbons (Fsp3) is 0.316. The van der Waals surface area contributed by atoms with E-state index < -0.39 is 5.97 Å². The van der Waals surface area contributed by atoms with Crippen molar-refractivity contribution in [3.05, 3.63) is 42.0 Å². The second-order valence-corrected chi connectivity index (χ2v) is 7.10. The van der Waals surface area contributed by atoms with Crippen molar-refractivity contribution in [2.45, 2.75) is 6.92 Å². The number of anilines is 1. The average molecular weight is 387 g/mol. The van der Waals surface area contributed by atoms with E-state index in [2.05, 4.69) is 10.6 Å². The number of ether oxygens (including phenoxy) is 1. The summed E-state index contributed by atoms with van der Waals surface area (Å²) >= 11 is 1.33. The maximum atomic E-state index is 12.4. The smallest absolute Gasteiger partial charge is 0.341 e. The first kappa shape index (κ1) is 19.1. The highest BCUT2D eigenvalue weighted by Gasteiger charge is 2.22. The van der Waals surface area contributed by atoms with E-state index in [1.807, 2.05) is 30.3 Å². The predicted molar refractivity (Wildman–Crippen MR) is 104 cm³/mol. The Bertz CT molecular complexity index is 835. The number of hydrogen-bond donors (Lipinski definition) is 2. The van der Waals surface area contributed by atoms with Gasteiger partial charge in [-0.15, -0.1) is 11.3 Å². The number of carbonyl (C=O) groups is 3. The third-order valence-corrected chi connectivity index (χ3v) is 5.12. The molecule has 0 bridgehead atoms. The van der Waals surface area contributed by atoms with Crippen LogP contribution in [0.3, 0.4) is 0 Å². The number of carbonyl (C=O) groups excluding carboxylic acids is 3. The fourth-order valence-corrected chi connectivity index (χ4v) is 3.85. The van der Waals surface area contributed by atoms with Crippen molar-refractivity contribution >= 4 is 34.1 Å². The van der Waals surface area contributed by atoms with Crippen LogP contribution in [-0.4, -0.2) is 55.5 Å². The van der Waals surface area contributed by atoms with Crippen LogP contribution in [0.2, 0.25) is 0 Å². The van der Waals surface area contributed by atoms with Crippen LogP contribution in [0.4, 0.5) is 5.00 Å². The Hall–Kier alpha value is -2.71. The standard InChI is InChI=1S/C19H21N3O4S/c1-2-26-19(25)14-10-15(13-6-4-3-5-7-13)27-18(14)21-17(24)12-22-9-8-20-16(23)11-22/h3-7,10H,2,8-9,11-12H2,1H3,(H,20,23)(H,21,24). The molecule has 2 aromatic rings. The van der Waals surface area contributed by atoms with Crippen LogP contribution in [0, 0.1) is 0 Å². The van der Waals surface area contributed by atoms with Crippen LogP contribution in [0.25, 0.3) is 10.4 Å². The lowest BCUT2D eigenvalue weighted by Crippen LogP contribution is -2.49. The van der Waals surface area contributed by atoms with Gasteiger partial charge in [-0.05, 0) is 18.6 Å². The molecule has 0 unspecified atom stereocenters. The van der Waals surface area contributed by atoms with Crippen LogP contribution in [0.15, 0.2) is 36.4 Å². The Kier molecular flexibility index (Phi) is 6.20. The van der Waals surface area contributed by atoms with Crippen molar-refractivity contribution in [2.75, 3.05) is 38.1 Å². The first-order valence-corrected chi connectivity index (χ1v) is 9.53. The van der Waals surface area contributed by atoms with Gasteiger partial charge in [0.1, 0.15) is 5.00 Å². The molecule has 1 fully saturated rings. The highest BCUT2D eigenvalue weighted by atomic mass is 32.1. The number of amides is 2. The van der Waals surface area contributed by atoms with Gasteiger partial charge in [-0.1, -0.05) is 30.3 Å². The van der Waals surface area contributed by atoms with Gasteiger partial charge < -0.3 is 15.4 Å². The quantitative estimate of drug-likeness (QED) is 0.740. The molecule has 8 heteroatoms. The minimum Gasteiger partial charge on any atom is -0.462 e. The largest absolute Gasteiger partial charge is 0.462 e. The molecular weight excluding hydrogens is 366 g/mol. The zero-order valence-corrected chi connectivity index (χ0v) is 15.8. The molecule has 1 saturated heterocycles. The molecule has 1 aromatic heterocycles. The summed E-state index contributed by atoms with van der Waals surface area (Å²) in [6.07, 6.45) is 0. The number of thiophene rings is 1. The number of nitrogens with zero attached hydrogens (tertiary/aromatic N) is 1. The van der Waals surface area contributed by atoms with Gasteiger partial charge in [0.25, 0.3) is 0 Å². The minimum absolute atomic E-state index is 0.0915. The predicted octanol–water partition coefficient (Wildman–Crippen LogP) is 1.96. The van der Waals surface area contributed by atoms with Crippen LogP contribution in [0.1, 0.15) is 17.3 Å². The number of esters is 1. The van der Waals surface area contributed by atoms with Crippen molar-refractivity contribution in [2.24, 2.45) is 0 Å². The Morgan fingerprint density at radius 1 is 1.30 bits per heavy atom. The van der Waals surface area contributed by atoms with E-state index >= 15 is 0 Å². The number of nitrogens with one attached hydrogen (secondary N) is 2. The molecule has 0 saturated carbocycles. The Balaban J connectivity index is 1.78. The van der Waals surface area contributed by atoms with Crippen molar-refractivity contribution in [3.63, 3.8) is 0 Å². The SMILES string of the molecule is CCOC(=O)c1cc(-c2ccccc2)sc1NC(=O)CN1CCNC(=O)C1. The molecule has 2 amide bonds. The van der Waals surface area contributed by atoms with E-state index in [4.69, 9.17) is 4.74 Å². The molecule has 27 heavy (non-hydrogen) atoms. The summed E-state index contributed by atoms with van der Waals surface area (Å²) in [6, 6.07) is 11.4. The van der Waals surface area contributed by atoms with Gasteiger partial charge in [-0.2, -0.15) is 0 Å². The van der Waals surface area contributed by atoms with Gasteiger partial charge >= 0.3 is 5.97 Å². The van der Waals surface area contributed by atoms with E-state index in [1.54, 1.807) is 17.9 Å². The molecule has 1 aliphatic heterocycles. The molecule has 1 aliphatic rings. The second-order valence-electron chi connectivity index (χ2n) is 6.05. The number of benzene rings is 1. The second kappa shape index (κ2) is 8.79. The lowest BCUT2D eigenvalue weighted by molar-refractivity contribution is -0.125. The molecule has 0 spiro atoms. The average Bonchev–Trinajstić information content (AvgIpc) is 3.06. The number of piperazine rings is 1. The highest BCUT2D eigenvalue weighted by molar-refractivity contribution is 7.20. The molecule has 1 aromatic carbocycles. The van der Waals surface area contributed by atoms with Crippen molar-refractivity contribution in [3.8, 4) is 10.4 Å². The molecular formula is C19H21N3O4S. The molecule has 0 radical (unpaired) electrons. The topological polar surface area (TPSA) is 87.7 Å². The molecule has 0 aliphatic carbocycles. The molecule has 2 N–H and O–H groups in total. The molecule has 7 nitrogen and oxygen atoms in total. The van der Waals surface area contributed by atoms with Crippen molar-refractivity contribution < 1.29 is 19.1 Å². The zero-order valence-electron chi connectivity index (χ0n) is 15.0. The summed E-state index contributed by atoms with van der Waals surface area (Å²) in [5.74, 6) is -0.830. The van der Waals surface area contributed by atoms with Crippen LogP contribution >= 0.6 is 11.3 Å². The van der Waals surface area contributed by atoms with E-state index in [-0.39, 0.29) is 31.5 Å². The zero-order chi connectivity index (χ0) is 19.2. The minimum atomic E-state index is -0.469. The summed E-state index contributed by atoms with van der Waals surface area (Å²) in [4.78, 5) is 38.8. The Morgan fingerprint density at radius 3 is 2.78 bits per heavy atom. The van der Waals surface area contributed by atoms with Crippen molar-refractivity contribution in [1.82, 2.24) is 10.2 Å². The third-order valence-electron chi connectivity index (χ3n) is 4.02. The van der Waals surface area contributed by atoms with E-state index in [0.717, 1.165) is 10.4 Å². The highest BCUT2D eigenvalue weighted by Crippen LogP contribution is 2.35.